The summed E-state index contributed by atoms with van der Waals surface area (Å²) in [5, 5.41) is 4.63. The van der Waals surface area contributed by atoms with Gasteiger partial charge in [-0.3, -0.25) is 10.1 Å². The van der Waals surface area contributed by atoms with Crippen molar-refractivity contribution in [3.63, 3.8) is 0 Å². The summed E-state index contributed by atoms with van der Waals surface area (Å²) in [6.45, 7) is 2.37. The highest BCUT2D eigenvalue weighted by Gasteiger charge is 2.14. The van der Waals surface area contributed by atoms with Gasteiger partial charge >= 0.3 is 0 Å². The molecule has 0 radical (unpaired) electrons. The average molecular weight is 407 g/mol. The molecule has 134 valence electrons. The topological polar surface area (TPSA) is 51.2 Å². The number of nitrogens with one attached hydrogen (secondary N) is 1. The number of para-hydroxylation sites is 1. The third-order valence-electron chi connectivity index (χ3n) is 3.58. The Morgan fingerprint density at radius 2 is 2.04 bits per heavy atom. The molecule has 0 spiro atoms. The van der Waals surface area contributed by atoms with Crippen LogP contribution in [0.3, 0.4) is 0 Å². The van der Waals surface area contributed by atoms with E-state index in [0.29, 0.717) is 39.5 Å². The van der Waals surface area contributed by atoms with Crippen LogP contribution in [0.1, 0.15) is 27.7 Å². The first kappa shape index (κ1) is 18.7. The zero-order chi connectivity index (χ0) is 18.5. The van der Waals surface area contributed by atoms with Gasteiger partial charge in [-0.2, -0.15) is 0 Å². The summed E-state index contributed by atoms with van der Waals surface area (Å²) in [6.07, 6.45) is 2.33. The number of hydrogen-bond acceptors (Lipinski definition) is 4. The molecule has 0 bridgehead atoms. The van der Waals surface area contributed by atoms with Crippen molar-refractivity contribution in [2.45, 2.75) is 13.3 Å². The number of amides is 1. The Kier molecular flexibility index (Phi) is 6.14. The SMILES string of the molecule is CCOc1ccccc1C(=O)Nc1ncc(Cc2cc(Cl)ccc2Cl)s1. The van der Waals surface area contributed by atoms with Crippen LogP contribution in [0.5, 0.6) is 5.75 Å². The fourth-order valence-corrected chi connectivity index (χ4v) is 3.62. The Morgan fingerprint density at radius 3 is 2.85 bits per heavy atom. The quantitative estimate of drug-likeness (QED) is 0.571. The van der Waals surface area contributed by atoms with Gasteiger partial charge in [-0.1, -0.05) is 35.3 Å². The van der Waals surface area contributed by atoms with Gasteiger partial charge < -0.3 is 4.74 Å². The van der Waals surface area contributed by atoms with Gasteiger partial charge in [0.15, 0.2) is 5.13 Å². The third-order valence-corrected chi connectivity index (χ3v) is 5.09. The Balaban J connectivity index is 1.72. The van der Waals surface area contributed by atoms with Gasteiger partial charge in [0.25, 0.3) is 5.91 Å². The number of halogens is 2. The van der Waals surface area contributed by atoms with Gasteiger partial charge in [-0.05, 0) is 42.8 Å². The molecule has 0 atom stereocenters. The Bertz CT molecular complexity index is 927. The fourth-order valence-electron chi connectivity index (χ4n) is 2.41. The lowest BCUT2D eigenvalue weighted by atomic mass is 10.1. The maximum Gasteiger partial charge on any atom is 0.261 e. The molecule has 1 heterocycles. The van der Waals surface area contributed by atoms with Gasteiger partial charge in [-0.25, -0.2) is 4.98 Å². The van der Waals surface area contributed by atoms with Gasteiger partial charge in [0.05, 0.1) is 12.2 Å². The van der Waals surface area contributed by atoms with Gasteiger partial charge in [0.2, 0.25) is 0 Å². The Morgan fingerprint density at radius 1 is 1.23 bits per heavy atom. The van der Waals surface area contributed by atoms with E-state index < -0.39 is 0 Å². The Labute approximate surface area is 165 Å². The summed E-state index contributed by atoms with van der Waals surface area (Å²) in [6, 6.07) is 12.5. The number of thiazole rings is 1. The molecule has 0 saturated heterocycles. The summed E-state index contributed by atoms with van der Waals surface area (Å²) in [4.78, 5) is 17.8. The largest absolute Gasteiger partial charge is 0.493 e. The molecular formula is C19H16Cl2N2O2S. The molecular weight excluding hydrogens is 391 g/mol. The van der Waals surface area contributed by atoms with Crippen molar-refractivity contribution in [1.82, 2.24) is 4.98 Å². The van der Waals surface area contributed by atoms with Crippen LogP contribution >= 0.6 is 34.5 Å². The first-order chi connectivity index (χ1) is 12.6. The number of carbonyl (C=O) groups is 1. The van der Waals surface area contributed by atoms with Crippen LogP contribution in [0.2, 0.25) is 10.0 Å². The minimum atomic E-state index is -0.254. The van der Waals surface area contributed by atoms with E-state index in [-0.39, 0.29) is 5.91 Å². The van der Waals surface area contributed by atoms with Crippen LogP contribution < -0.4 is 10.1 Å². The standard InChI is InChI=1S/C19H16Cl2N2O2S/c1-2-25-17-6-4-3-5-15(17)18(24)23-19-22-11-14(26-19)10-12-9-13(20)7-8-16(12)21/h3-9,11H,2,10H2,1H3,(H,22,23,24). The van der Waals surface area contributed by atoms with Crippen LogP contribution in [0, 0.1) is 0 Å². The van der Waals surface area contributed by atoms with Crippen molar-refractivity contribution in [3.05, 3.63) is 74.7 Å². The van der Waals surface area contributed by atoms with Gasteiger partial charge in [0, 0.05) is 27.5 Å². The molecule has 0 fully saturated rings. The molecule has 1 N–H and O–H groups in total. The predicted octanol–water partition coefficient (Wildman–Crippen LogP) is 5.69. The van der Waals surface area contributed by atoms with Crippen LogP contribution in [-0.2, 0) is 6.42 Å². The molecule has 0 aliphatic heterocycles. The smallest absolute Gasteiger partial charge is 0.261 e. The van der Waals surface area contributed by atoms with E-state index in [2.05, 4.69) is 10.3 Å². The first-order valence-corrected chi connectivity index (χ1v) is 9.56. The number of hydrogen-bond donors (Lipinski definition) is 1. The van der Waals surface area contributed by atoms with Crippen molar-refractivity contribution < 1.29 is 9.53 Å². The molecule has 2 aromatic carbocycles. The van der Waals surface area contributed by atoms with E-state index in [1.165, 1.54) is 11.3 Å². The molecule has 0 aliphatic carbocycles. The minimum absolute atomic E-state index is 0.254. The zero-order valence-corrected chi connectivity index (χ0v) is 16.3. The predicted molar refractivity (Wildman–Crippen MR) is 107 cm³/mol. The highest BCUT2D eigenvalue weighted by atomic mass is 35.5. The van der Waals surface area contributed by atoms with Gasteiger partial charge in [-0.15, -0.1) is 11.3 Å². The van der Waals surface area contributed by atoms with Crippen molar-refractivity contribution in [2.24, 2.45) is 0 Å². The third kappa shape index (κ3) is 4.55. The number of aromatic nitrogens is 1. The van der Waals surface area contributed by atoms with Crippen molar-refractivity contribution in [3.8, 4) is 5.75 Å². The molecule has 3 rings (SSSR count). The van der Waals surface area contributed by atoms with E-state index in [1.807, 2.05) is 19.1 Å². The molecule has 0 unspecified atom stereocenters. The van der Waals surface area contributed by atoms with Crippen LogP contribution in [0.25, 0.3) is 0 Å². The lowest BCUT2D eigenvalue weighted by molar-refractivity contribution is 0.102. The molecule has 1 aromatic heterocycles. The van der Waals surface area contributed by atoms with E-state index >= 15 is 0 Å². The number of ether oxygens (including phenoxy) is 1. The second kappa shape index (κ2) is 8.54. The second-order valence-corrected chi connectivity index (χ2v) is 7.39. The Hall–Kier alpha value is -2.08. The average Bonchev–Trinajstić information content (AvgIpc) is 3.06. The van der Waals surface area contributed by atoms with E-state index in [0.717, 1.165) is 10.4 Å². The molecule has 0 aliphatic rings. The second-order valence-electron chi connectivity index (χ2n) is 5.43. The van der Waals surface area contributed by atoms with Crippen LogP contribution in [-0.4, -0.2) is 17.5 Å². The van der Waals surface area contributed by atoms with Crippen molar-refractivity contribution in [1.29, 1.82) is 0 Å². The highest BCUT2D eigenvalue weighted by molar-refractivity contribution is 7.15. The summed E-state index contributed by atoms with van der Waals surface area (Å²) < 4.78 is 5.50. The maximum absolute atomic E-state index is 12.5. The number of anilines is 1. The number of rotatable bonds is 6. The highest BCUT2D eigenvalue weighted by Crippen LogP contribution is 2.27. The number of nitrogens with zero attached hydrogens (tertiary/aromatic N) is 1. The molecule has 26 heavy (non-hydrogen) atoms. The van der Waals surface area contributed by atoms with E-state index in [9.17, 15) is 4.79 Å². The van der Waals surface area contributed by atoms with E-state index in [4.69, 9.17) is 27.9 Å². The maximum atomic E-state index is 12.5. The first-order valence-electron chi connectivity index (χ1n) is 7.98. The van der Waals surface area contributed by atoms with Crippen molar-refractivity contribution in [2.75, 3.05) is 11.9 Å². The van der Waals surface area contributed by atoms with Gasteiger partial charge in [0.1, 0.15) is 5.75 Å². The van der Waals surface area contributed by atoms with Crippen LogP contribution in [0.15, 0.2) is 48.7 Å². The summed E-state index contributed by atoms with van der Waals surface area (Å²) >= 11 is 13.6. The minimum Gasteiger partial charge on any atom is -0.493 e. The fraction of sp³-hybridized carbons (Fsp3) is 0.158. The molecule has 4 nitrogen and oxygen atoms in total. The summed E-state index contributed by atoms with van der Waals surface area (Å²) in [5.74, 6) is 0.297. The lowest BCUT2D eigenvalue weighted by Crippen LogP contribution is -2.13. The van der Waals surface area contributed by atoms with Crippen LogP contribution in [0.4, 0.5) is 5.13 Å². The van der Waals surface area contributed by atoms with Crippen molar-refractivity contribution >= 4 is 45.6 Å². The molecule has 7 heteroatoms. The molecule has 3 aromatic rings. The number of carbonyl (C=O) groups excluding carboxylic acids is 1. The zero-order valence-electron chi connectivity index (χ0n) is 14.0. The van der Waals surface area contributed by atoms with E-state index in [1.54, 1.807) is 36.5 Å². The monoisotopic (exact) mass is 406 g/mol. The summed E-state index contributed by atoms with van der Waals surface area (Å²) in [5.41, 5.74) is 1.39. The molecule has 1 amide bonds. The number of benzene rings is 2. The molecule has 0 saturated carbocycles. The summed E-state index contributed by atoms with van der Waals surface area (Å²) in [7, 11) is 0. The normalized spacial score (nSPS) is 10.6. The lowest BCUT2D eigenvalue weighted by Gasteiger charge is -2.08.